The van der Waals surface area contributed by atoms with E-state index in [1.807, 2.05) is 45.7 Å². The number of nitrogens with zero attached hydrogens (tertiary/aromatic N) is 5. The monoisotopic (exact) mass is 401 g/mol. The molecule has 2 N–H and O–H groups in total. The van der Waals surface area contributed by atoms with Gasteiger partial charge in [-0.2, -0.15) is 5.10 Å². The quantitative estimate of drug-likeness (QED) is 0.352. The van der Waals surface area contributed by atoms with Crippen LogP contribution in [-0.4, -0.2) is 38.2 Å². The second-order valence-corrected chi connectivity index (χ2v) is 7.04. The van der Waals surface area contributed by atoms with E-state index in [9.17, 15) is 0 Å². The van der Waals surface area contributed by atoms with E-state index in [0.29, 0.717) is 6.54 Å². The number of hydrogen-bond acceptors (Lipinski definition) is 3. The minimum absolute atomic E-state index is 0.612. The topological polar surface area (TPSA) is 71.5 Å². The summed E-state index contributed by atoms with van der Waals surface area (Å²) >= 11 is 0. The molecule has 0 saturated heterocycles. The van der Waals surface area contributed by atoms with Gasteiger partial charge in [-0.05, 0) is 36.2 Å². The molecule has 0 aliphatic heterocycles. The van der Waals surface area contributed by atoms with Crippen molar-refractivity contribution in [3.8, 4) is 0 Å². The van der Waals surface area contributed by atoms with Crippen molar-refractivity contribution in [2.24, 2.45) is 4.99 Å². The molecule has 0 fully saturated rings. The minimum atomic E-state index is 0.612. The largest absolute Gasteiger partial charge is 0.357 e. The van der Waals surface area contributed by atoms with Crippen molar-refractivity contribution in [3.63, 3.8) is 0 Å². The maximum absolute atomic E-state index is 4.79. The van der Waals surface area contributed by atoms with Crippen LogP contribution in [0.1, 0.15) is 23.7 Å². The van der Waals surface area contributed by atoms with Crippen LogP contribution in [0.4, 0.5) is 0 Å². The molecule has 0 radical (unpaired) electrons. The number of hydrogen-bond donors (Lipinski definition) is 2. The average Bonchev–Trinajstić information content (AvgIpc) is 3.42. The van der Waals surface area contributed by atoms with Crippen molar-refractivity contribution in [1.82, 2.24) is 29.8 Å². The van der Waals surface area contributed by atoms with Gasteiger partial charge in [-0.15, -0.1) is 0 Å². The molecular weight excluding hydrogens is 374 g/mol. The molecule has 0 unspecified atom stereocenters. The summed E-state index contributed by atoms with van der Waals surface area (Å²) in [5.74, 6) is 0.815. The molecule has 0 saturated carbocycles. The van der Waals surface area contributed by atoms with Crippen molar-refractivity contribution in [2.75, 3.05) is 13.1 Å². The van der Waals surface area contributed by atoms with Crippen molar-refractivity contribution >= 4 is 11.6 Å². The molecule has 0 aliphatic rings. The van der Waals surface area contributed by atoms with E-state index in [1.54, 1.807) is 6.20 Å². The molecule has 0 aliphatic carbocycles. The minimum Gasteiger partial charge on any atom is -0.357 e. The highest BCUT2D eigenvalue weighted by Crippen LogP contribution is 2.12. The Hall–Kier alpha value is -3.61. The Balaban J connectivity index is 1.38. The molecule has 154 valence electrons. The molecule has 4 rings (SSSR count). The van der Waals surface area contributed by atoms with Gasteiger partial charge in [0.15, 0.2) is 5.96 Å². The van der Waals surface area contributed by atoms with E-state index in [-0.39, 0.29) is 0 Å². The number of aliphatic imine (C=N–C) groups is 1. The van der Waals surface area contributed by atoms with Crippen molar-refractivity contribution < 1.29 is 0 Å². The van der Waals surface area contributed by atoms with Crippen molar-refractivity contribution in [1.29, 1.82) is 0 Å². The summed E-state index contributed by atoms with van der Waals surface area (Å²) in [5, 5.41) is 11.1. The van der Waals surface area contributed by atoms with Crippen LogP contribution in [0, 0.1) is 0 Å². The molecule has 4 aromatic rings. The number of aromatic nitrogens is 4. The first-order chi connectivity index (χ1) is 14.8. The zero-order chi connectivity index (χ0) is 20.6. The first-order valence-electron chi connectivity index (χ1n) is 10.3. The molecule has 7 heteroatoms. The lowest BCUT2D eigenvalue weighted by Crippen LogP contribution is -2.38. The van der Waals surface area contributed by atoms with Crippen LogP contribution in [-0.2, 0) is 19.5 Å². The fourth-order valence-corrected chi connectivity index (χ4v) is 3.36. The molecule has 7 nitrogen and oxygen atoms in total. The van der Waals surface area contributed by atoms with Crippen LogP contribution in [0.5, 0.6) is 0 Å². The third kappa shape index (κ3) is 5.05. The smallest absolute Gasteiger partial charge is 0.191 e. The number of fused-ring (bicyclic) bond motifs is 1. The molecule has 1 aromatic carbocycles. The van der Waals surface area contributed by atoms with E-state index in [2.05, 4.69) is 58.1 Å². The Morgan fingerprint density at radius 1 is 1.00 bits per heavy atom. The van der Waals surface area contributed by atoms with Gasteiger partial charge in [0.25, 0.3) is 0 Å². The maximum atomic E-state index is 4.79. The zero-order valence-electron chi connectivity index (χ0n) is 17.2. The van der Waals surface area contributed by atoms with E-state index in [1.165, 1.54) is 11.1 Å². The molecule has 3 aromatic heterocycles. The van der Waals surface area contributed by atoms with E-state index in [4.69, 9.17) is 4.99 Å². The van der Waals surface area contributed by atoms with E-state index < -0.39 is 0 Å². The highest BCUT2D eigenvalue weighted by Gasteiger charge is 2.05. The van der Waals surface area contributed by atoms with Gasteiger partial charge in [-0.1, -0.05) is 30.3 Å². The van der Waals surface area contributed by atoms with Crippen LogP contribution >= 0.6 is 0 Å². The van der Waals surface area contributed by atoms with Crippen LogP contribution < -0.4 is 10.6 Å². The summed E-state index contributed by atoms with van der Waals surface area (Å²) in [7, 11) is 0. The fraction of sp³-hybridized carbons (Fsp3) is 0.261. The van der Waals surface area contributed by atoms with Crippen LogP contribution in [0.25, 0.3) is 5.65 Å². The number of nitrogens with one attached hydrogen (secondary N) is 2. The van der Waals surface area contributed by atoms with Gasteiger partial charge in [0, 0.05) is 44.3 Å². The Morgan fingerprint density at radius 2 is 1.87 bits per heavy atom. The maximum Gasteiger partial charge on any atom is 0.191 e. The summed E-state index contributed by atoms with van der Waals surface area (Å²) < 4.78 is 3.98. The van der Waals surface area contributed by atoms with E-state index in [0.717, 1.165) is 43.4 Å². The SMILES string of the molecule is CCNC(=NCc1ccccc1Cn1cccn1)NCCc1cn2ccccc2n1. The number of guanidine groups is 1. The van der Waals surface area contributed by atoms with Crippen molar-refractivity contribution in [2.45, 2.75) is 26.4 Å². The molecule has 0 spiro atoms. The first kappa shape index (κ1) is 19.7. The summed E-state index contributed by atoms with van der Waals surface area (Å²) in [6.07, 6.45) is 8.71. The van der Waals surface area contributed by atoms with E-state index >= 15 is 0 Å². The number of rotatable bonds is 8. The van der Waals surface area contributed by atoms with Gasteiger partial charge in [0.1, 0.15) is 5.65 Å². The fourth-order valence-electron chi connectivity index (χ4n) is 3.36. The van der Waals surface area contributed by atoms with Gasteiger partial charge < -0.3 is 15.0 Å². The van der Waals surface area contributed by atoms with Gasteiger partial charge >= 0.3 is 0 Å². The molecule has 3 heterocycles. The van der Waals surface area contributed by atoms with Gasteiger partial charge in [-0.25, -0.2) is 9.98 Å². The van der Waals surface area contributed by atoms with Gasteiger partial charge in [0.2, 0.25) is 0 Å². The van der Waals surface area contributed by atoms with Crippen LogP contribution in [0.3, 0.4) is 0 Å². The highest BCUT2D eigenvalue weighted by atomic mass is 15.3. The third-order valence-electron chi connectivity index (χ3n) is 4.85. The van der Waals surface area contributed by atoms with Crippen molar-refractivity contribution in [3.05, 3.63) is 90.1 Å². The van der Waals surface area contributed by atoms with Crippen LogP contribution in [0.2, 0.25) is 0 Å². The lowest BCUT2D eigenvalue weighted by molar-refractivity contribution is 0.680. The Bertz CT molecular complexity index is 1060. The van der Waals surface area contributed by atoms with Gasteiger partial charge in [-0.3, -0.25) is 4.68 Å². The number of benzene rings is 1. The second-order valence-electron chi connectivity index (χ2n) is 7.04. The lowest BCUT2D eigenvalue weighted by Gasteiger charge is -2.12. The van der Waals surface area contributed by atoms with Crippen LogP contribution in [0.15, 0.2) is 78.3 Å². The summed E-state index contributed by atoms with van der Waals surface area (Å²) in [4.78, 5) is 9.44. The Morgan fingerprint density at radius 3 is 2.67 bits per heavy atom. The Kier molecular flexibility index (Phi) is 6.39. The zero-order valence-corrected chi connectivity index (χ0v) is 17.2. The predicted octanol–water partition coefficient (Wildman–Crippen LogP) is 2.88. The molecule has 0 amide bonds. The molecular formula is C23H27N7. The molecule has 30 heavy (non-hydrogen) atoms. The normalized spacial score (nSPS) is 11.7. The van der Waals surface area contributed by atoms with Gasteiger partial charge in [0.05, 0.1) is 18.8 Å². The average molecular weight is 402 g/mol. The predicted molar refractivity (Wildman–Crippen MR) is 119 cm³/mol. The summed E-state index contributed by atoms with van der Waals surface area (Å²) in [5.41, 5.74) is 4.46. The second kappa shape index (κ2) is 9.73. The molecule has 0 atom stereocenters. The summed E-state index contributed by atoms with van der Waals surface area (Å²) in [6, 6.07) is 16.4. The molecule has 0 bridgehead atoms. The summed E-state index contributed by atoms with van der Waals surface area (Å²) in [6.45, 7) is 5.02. The lowest BCUT2D eigenvalue weighted by atomic mass is 10.1. The Labute approximate surface area is 176 Å². The highest BCUT2D eigenvalue weighted by molar-refractivity contribution is 5.79. The first-order valence-corrected chi connectivity index (χ1v) is 10.3. The number of imidazole rings is 1. The third-order valence-corrected chi connectivity index (χ3v) is 4.85. The number of pyridine rings is 1. The standard InChI is InChI=1S/C23H27N7/c1-2-24-23(25-13-11-21-18-29-14-6-5-10-22(29)28-21)26-16-19-8-3-4-9-20(19)17-30-15-7-12-27-30/h3-10,12,14-15,18H,2,11,13,16-17H2,1H3,(H2,24,25,26).